The fourth-order valence-corrected chi connectivity index (χ4v) is 4.52. The fourth-order valence-electron chi connectivity index (χ4n) is 4.22. The van der Waals surface area contributed by atoms with Crippen LogP contribution in [0.3, 0.4) is 0 Å². The van der Waals surface area contributed by atoms with Crippen molar-refractivity contribution in [3.63, 3.8) is 0 Å². The van der Waals surface area contributed by atoms with Crippen molar-refractivity contribution >= 4 is 34.9 Å². The molecule has 31 heavy (non-hydrogen) atoms. The number of carbonyl (C=O) groups is 2. The number of ether oxygens (including phenoxy) is 1. The molecule has 1 aromatic heterocycles. The topological polar surface area (TPSA) is 74.8 Å². The molecule has 2 aliphatic heterocycles. The van der Waals surface area contributed by atoms with Crippen molar-refractivity contribution in [2.45, 2.75) is 45.2 Å². The van der Waals surface area contributed by atoms with Gasteiger partial charge in [0.2, 0.25) is 5.91 Å². The van der Waals surface area contributed by atoms with Crippen LogP contribution in [0.15, 0.2) is 36.5 Å². The zero-order valence-electron chi connectivity index (χ0n) is 17.8. The van der Waals surface area contributed by atoms with E-state index in [1.54, 1.807) is 6.20 Å². The van der Waals surface area contributed by atoms with Gasteiger partial charge in [-0.1, -0.05) is 23.7 Å². The van der Waals surface area contributed by atoms with E-state index in [1.807, 2.05) is 49.1 Å². The van der Waals surface area contributed by atoms with E-state index in [1.165, 1.54) is 0 Å². The van der Waals surface area contributed by atoms with E-state index >= 15 is 0 Å². The van der Waals surface area contributed by atoms with Crippen LogP contribution in [0.4, 0.5) is 11.5 Å². The Morgan fingerprint density at radius 3 is 2.74 bits per heavy atom. The number of hydrogen-bond donors (Lipinski definition) is 1. The number of aromatic nitrogens is 1. The van der Waals surface area contributed by atoms with Gasteiger partial charge >= 0.3 is 0 Å². The SMILES string of the molecule is CC(C)NC(=O)Cc1cnc(N2CCC(N3C(=O)COc4ccccc43)CC2)c(Cl)c1. The zero-order chi connectivity index (χ0) is 22.0. The Kier molecular flexibility index (Phi) is 6.32. The first kappa shape index (κ1) is 21.4. The zero-order valence-corrected chi connectivity index (χ0v) is 18.6. The number of para-hydroxylation sites is 2. The molecular weight excluding hydrogens is 416 g/mol. The first-order valence-electron chi connectivity index (χ1n) is 10.6. The van der Waals surface area contributed by atoms with Crippen molar-refractivity contribution in [1.82, 2.24) is 10.3 Å². The number of rotatable bonds is 5. The molecule has 7 nitrogen and oxygen atoms in total. The molecule has 1 saturated heterocycles. The number of benzene rings is 1. The third kappa shape index (κ3) is 4.77. The van der Waals surface area contributed by atoms with Crippen molar-refractivity contribution < 1.29 is 14.3 Å². The number of piperidine rings is 1. The minimum absolute atomic E-state index is 0.00247. The highest BCUT2D eigenvalue weighted by atomic mass is 35.5. The van der Waals surface area contributed by atoms with E-state index in [0.717, 1.165) is 48.7 Å². The molecule has 0 aliphatic carbocycles. The lowest BCUT2D eigenvalue weighted by atomic mass is 10.0. The summed E-state index contributed by atoms with van der Waals surface area (Å²) in [5.74, 6) is 1.43. The fraction of sp³-hybridized carbons (Fsp3) is 0.435. The summed E-state index contributed by atoms with van der Waals surface area (Å²) in [5.41, 5.74) is 1.63. The molecule has 1 fully saturated rings. The standard InChI is InChI=1S/C23H27ClN4O3/c1-15(2)26-21(29)12-16-11-18(24)23(25-13-16)27-9-7-17(8-10-27)28-19-5-3-4-6-20(19)31-14-22(28)30/h3-6,11,13,15,17H,7-10,12,14H2,1-2H3,(H,26,29). The third-order valence-corrected chi connectivity index (χ3v) is 5.84. The maximum atomic E-state index is 12.6. The summed E-state index contributed by atoms with van der Waals surface area (Å²) in [4.78, 5) is 33.1. The van der Waals surface area contributed by atoms with Crippen molar-refractivity contribution in [1.29, 1.82) is 0 Å². The number of anilines is 2. The minimum Gasteiger partial charge on any atom is -0.482 e. The van der Waals surface area contributed by atoms with Crippen LogP contribution in [-0.4, -0.2) is 48.6 Å². The quantitative estimate of drug-likeness (QED) is 0.769. The van der Waals surface area contributed by atoms with Gasteiger partial charge in [0.25, 0.3) is 5.91 Å². The molecule has 0 spiro atoms. The molecule has 1 aromatic carbocycles. The van der Waals surface area contributed by atoms with Gasteiger partial charge in [0.05, 0.1) is 17.1 Å². The van der Waals surface area contributed by atoms with Crippen LogP contribution < -0.4 is 19.9 Å². The Balaban J connectivity index is 1.41. The van der Waals surface area contributed by atoms with Crippen molar-refractivity contribution in [2.75, 3.05) is 29.5 Å². The molecule has 4 rings (SSSR count). The predicted octanol–water partition coefficient (Wildman–Crippen LogP) is 3.20. The van der Waals surface area contributed by atoms with Gasteiger partial charge in [-0.15, -0.1) is 0 Å². The highest BCUT2D eigenvalue weighted by molar-refractivity contribution is 6.33. The lowest BCUT2D eigenvalue weighted by Crippen LogP contribution is -2.50. The first-order chi connectivity index (χ1) is 14.9. The molecule has 0 radical (unpaired) electrons. The van der Waals surface area contributed by atoms with Crippen molar-refractivity contribution in [3.05, 3.63) is 47.1 Å². The van der Waals surface area contributed by atoms with E-state index in [4.69, 9.17) is 16.3 Å². The number of pyridine rings is 1. The second-order valence-corrected chi connectivity index (χ2v) is 8.69. The Hall–Kier alpha value is -2.80. The summed E-state index contributed by atoms with van der Waals surface area (Å²) in [6.07, 6.45) is 3.61. The van der Waals surface area contributed by atoms with E-state index in [9.17, 15) is 9.59 Å². The maximum Gasteiger partial charge on any atom is 0.265 e. The number of nitrogens with one attached hydrogen (secondary N) is 1. The molecule has 2 aliphatic rings. The Labute approximate surface area is 187 Å². The molecule has 164 valence electrons. The van der Waals surface area contributed by atoms with E-state index in [0.29, 0.717) is 5.02 Å². The summed E-state index contributed by atoms with van der Waals surface area (Å²) in [6, 6.07) is 9.71. The van der Waals surface area contributed by atoms with Crippen LogP contribution in [-0.2, 0) is 16.0 Å². The number of halogens is 1. The molecule has 0 bridgehead atoms. The molecule has 0 atom stereocenters. The predicted molar refractivity (Wildman–Crippen MR) is 121 cm³/mol. The number of carbonyl (C=O) groups excluding carboxylic acids is 2. The van der Waals surface area contributed by atoms with E-state index in [2.05, 4.69) is 15.2 Å². The Bertz CT molecular complexity index is 973. The normalized spacial score (nSPS) is 16.8. The van der Waals surface area contributed by atoms with Gasteiger partial charge in [-0.05, 0) is 50.5 Å². The average Bonchev–Trinajstić information content (AvgIpc) is 2.73. The third-order valence-electron chi connectivity index (χ3n) is 5.57. The van der Waals surface area contributed by atoms with E-state index in [-0.39, 0.29) is 36.9 Å². The maximum absolute atomic E-state index is 12.6. The summed E-state index contributed by atoms with van der Waals surface area (Å²) in [6.45, 7) is 5.43. The van der Waals surface area contributed by atoms with Crippen LogP contribution in [0.1, 0.15) is 32.3 Å². The lowest BCUT2D eigenvalue weighted by molar-refractivity contribution is -0.122. The number of amides is 2. The smallest absolute Gasteiger partial charge is 0.265 e. The van der Waals surface area contributed by atoms with Crippen LogP contribution in [0.2, 0.25) is 5.02 Å². The van der Waals surface area contributed by atoms with Gasteiger partial charge in [0, 0.05) is 31.4 Å². The van der Waals surface area contributed by atoms with Crippen molar-refractivity contribution in [3.8, 4) is 5.75 Å². The van der Waals surface area contributed by atoms with Gasteiger partial charge in [-0.3, -0.25) is 9.59 Å². The van der Waals surface area contributed by atoms with Crippen LogP contribution in [0.25, 0.3) is 0 Å². The molecule has 0 saturated carbocycles. The molecule has 2 aromatic rings. The number of fused-ring (bicyclic) bond motifs is 1. The van der Waals surface area contributed by atoms with Gasteiger partial charge in [-0.2, -0.15) is 0 Å². The summed E-state index contributed by atoms with van der Waals surface area (Å²) in [7, 11) is 0. The van der Waals surface area contributed by atoms with Gasteiger partial charge in [0.1, 0.15) is 11.6 Å². The molecular formula is C23H27ClN4O3. The summed E-state index contributed by atoms with van der Waals surface area (Å²) < 4.78 is 5.57. The van der Waals surface area contributed by atoms with E-state index < -0.39 is 0 Å². The second kappa shape index (κ2) is 9.14. The molecule has 8 heteroatoms. The second-order valence-electron chi connectivity index (χ2n) is 8.29. The average molecular weight is 443 g/mol. The molecule has 1 N–H and O–H groups in total. The summed E-state index contributed by atoms with van der Waals surface area (Å²) >= 11 is 6.51. The highest BCUT2D eigenvalue weighted by Gasteiger charge is 2.34. The molecule has 0 unspecified atom stereocenters. The van der Waals surface area contributed by atoms with Crippen molar-refractivity contribution in [2.24, 2.45) is 0 Å². The monoisotopic (exact) mass is 442 g/mol. The molecule has 2 amide bonds. The Morgan fingerprint density at radius 2 is 2.03 bits per heavy atom. The first-order valence-corrected chi connectivity index (χ1v) is 11.0. The highest BCUT2D eigenvalue weighted by Crippen LogP contribution is 2.36. The van der Waals surface area contributed by atoms with Crippen LogP contribution in [0.5, 0.6) is 5.75 Å². The Morgan fingerprint density at radius 1 is 1.29 bits per heavy atom. The van der Waals surface area contributed by atoms with Gasteiger partial charge in [-0.25, -0.2) is 4.98 Å². The van der Waals surface area contributed by atoms with Gasteiger partial charge in [0.15, 0.2) is 6.61 Å². The summed E-state index contributed by atoms with van der Waals surface area (Å²) in [5, 5.41) is 3.42. The minimum atomic E-state index is -0.0445. The van der Waals surface area contributed by atoms with Gasteiger partial charge < -0.3 is 19.9 Å². The molecule has 3 heterocycles. The lowest BCUT2D eigenvalue weighted by Gasteiger charge is -2.41. The van der Waals surface area contributed by atoms with Crippen LogP contribution >= 0.6 is 11.6 Å². The number of nitrogens with zero attached hydrogens (tertiary/aromatic N) is 3. The van der Waals surface area contributed by atoms with Crippen LogP contribution in [0, 0.1) is 0 Å². The number of hydrogen-bond acceptors (Lipinski definition) is 5. The largest absolute Gasteiger partial charge is 0.482 e.